The smallest absolute Gasteiger partial charge is 0.220 e. The van der Waals surface area contributed by atoms with E-state index in [-0.39, 0.29) is 5.91 Å². The highest BCUT2D eigenvalue weighted by Gasteiger charge is 2.10. The van der Waals surface area contributed by atoms with Crippen LogP contribution in [-0.2, 0) is 9.53 Å². The van der Waals surface area contributed by atoms with Crippen molar-refractivity contribution < 1.29 is 9.53 Å². The third-order valence-corrected chi connectivity index (χ3v) is 5.31. The Kier molecular flexibility index (Phi) is 7.57. The summed E-state index contributed by atoms with van der Waals surface area (Å²) in [4.78, 5) is 15.3. The summed E-state index contributed by atoms with van der Waals surface area (Å²) in [6.07, 6.45) is 0.551. The van der Waals surface area contributed by atoms with E-state index < -0.39 is 0 Å². The molecule has 1 aliphatic rings. The lowest BCUT2D eigenvalue weighted by Crippen LogP contribution is -2.41. The normalized spacial score (nSPS) is 15.9. The fourth-order valence-electron chi connectivity index (χ4n) is 2.08. The molecule has 1 fully saturated rings. The average Bonchev–Trinajstić information content (AvgIpc) is 2.50. The number of hydrogen-bond acceptors (Lipinski definition) is 4. The van der Waals surface area contributed by atoms with Crippen LogP contribution in [0.1, 0.15) is 6.42 Å². The maximum Gasteiger partial charge on any atom is 0.220 e. The summed E-state index contributed by atoms with van der Waals surface area (Å²) in [7, 11) is 0. The van der Waals surface area contributed by atoms with Gasteiger partial charge in [-0.05, 0) is 28.1 Å². The van der Waals surface area contributed by atoms with Crippen molar-refractivity contribution >= 4 is 33.6 Å². The summed E-state index contributed by atoms with van der Waals surface area (Å²) in [5.41, 5.74) is 0. The Morgan fingerprint density at radius 2 is 2.10 bits per heavy atom. The quantitative estimate of drug-likeness (QED) is 0.746. The molecule has 21 heavy (non-hydrogen) atoms. The molecule has 4 nitrogen and oxygen atoms in total. The molecule has 0 radical (unpaired) electrons. The van der Waals surface area contributed by atoms with Gasteiger partial charge in [-0.1, -0.05) is 12.1 Å². The van der Waals surface area contributed by atoms with Crippen molar-refractivity contribution in [2.45, 2.75) is 11.3 Å². The van der Waals surface area contributed by atoms with E-state index in [1.54, 1.807) is 11.8 Å². The molecular weight excluding hydrogens is 352 g/mol. The van der Waals surface area contributed by atoms with Crippen molar-refractivity contribution in [1.82, 2.24) is 10.2 Å². The molecular formula is C15H21BrN2O2S. The standard InChI is InChI=1S/C15H21BrN2O2S/c16-13-3-1-2-4-14(13)21-12-5-15(19)17-6-7-18-8-10-20-11-9-18/h1-4H,5-12H2,(H,17,19). The molecule has 0 saturated carbocycles. The second kappa shape index (κ2) is 9.46. The molecule has 1 amide bonds. The van der Waals surface area contributed by atoms with E-state index in [1.165, 1.54) is 4.90 Å². The molecule has 0 bridgehead atoms. The zero-order valence-electron chi connectivity index (χ0n) is 12.0. The number of halogens is 1. The molecule has 0 spiro atoms. The van der Waals surface area contributed by atoms with Gasteiger partial charge in [0, 0.05) is 47.7 Å². The van der Waals surface area contributed by atoms with Crippen molar-refractivity contribution in [3.8, 4) is 0 Å². The molecule has 1 saturated heterocycles. The van der Waals surface area contributed by atoms with E-state index in [0.717, 1.165) is 49.6 Å². The van der Waals surface area contributed by atoms with Gasteiger partial charge in [0.2, 0.25) is 5.91 Å². The van der Waals surface area contributed by atoms with Crippen molar-refractivity contribution in [2.24, 2.45) is 0 Å². The Hall–Kier alpha value is -0.560. The van der Waals surface area contributed by atoms with Gasteiger partial charge < -0.3 is 10.1 Å². The van der Waals surface area contributed by atoms with Crippen LogP contribution in [0.3, 0.4) is 0 Å². The number of benzene rings is 1. The van der Waals surface area contributed by atoms with E-state index in [0.29, 0.717) is 6.42 Å². The van der Waals surface area contributed by atoms with Crippen molar-refractivity contribution in [3.05, 3.63) is 28.7 Å². The molecule has 0 unspecified atom stereocenters. The van der Waals surface area contributed by atoms with Crippen LogP contribution in [0.15, 0.2) is 33.6 Å². The first-order chi connectivity index (χ1) is 10.3. The number of rotatable bonds is 7. The monoisotopic (exact) mass is 372 g/mol. The van der Waals surface area contributed by atoms with Gasteiger partial charge >= 0.3 is 0 Å². The molecule has 1 aromatic carbocycles. The van der Waals surface area contributed by atoms with Crippen molar-refractivity contribution in [1.29, 1.82) is 0 Å². The van der Waals surface area contributed by atoms with Crippen LogP contribution >= 0.6 is 27.7 Å². The Bertz CT molecular complexity index is 453. The predicted octanol–water partition coefficient (Wildman–Crippen LogP) is 2.38. The van der Waals surface area contributed by atoms with Crippen LogP contribution in [0.5, 0.6) is 0 Å². The second-order valence-corrected chi connectivity index (χ2v) is 6.82. The molecule has 1 heterocycles. The Labute approximate surface area is 138 Å². The largest absolute Gasteiger partial charge is 0.379 e. The summed E-state index contributed by atoms with van der Waals surface area (Å²) in [5.74, 6) is 0.925. The summed E-state index contributed by atoms with van der Waals surface area (Å²) in [6.45, 7) is 5.17. The maximum absolute atomic E-state index is 11.8. The highest BCUT2D eigenvalue weighted by molar-refractivity contribution is 9.10. The van der Waals surface area contributed by atoms with E-state index in [9.17, 15) is 4.79 Å². The lowest BCUT2D eigenvalue weighted by Gasteiger charge is -2.26. The number of thioether (sulfide) groups is 1. The van der Waals surface area contributed by atoms with E-state index in [1.807, 2.05) is 18.2 Å². The first-order valence-corrected chi connectivity index (χ1v) is 8.97. The zero-order valence-corrected chi connectivity index (χ0v) is 14.4. The minimum absolute atomic E-state index is 0.128. The SMILES string of the molecule is O=C(CCSc1ccccc1Br)NCCN1CCOCC1. The van der Waals surface area contributed by atoms with Gasteiger partial charge in [-0.2, -0.15) is 0 Å². The summed E-state index contributed by atoms with van der Waals surface area (Å²) < 4.78 is 6.38. The van der Waals surface area contributed by atoms with Crippen molar-refractivity contribution in [2.75, 3.05) is 45.1 Å². The minimum Gasteiger partial charge on any atom is -0.379 e. The van der Waals surface area contributed by atoms with Crippen LogP contribution in [0.25, 0.3) is 0 Å². The number of nitrogens with one attached hydrogen (secondary N) is 1. The van der Waals surface area contributed by atoms with E-state index >= 15 is 0 Å². The van der Waals surface area contributed by atoms with Crippen LogP contribution in [-0.4, -0.2) is 56.0 Å². The number of ether oxygens (including phenoxy) is 1. The van der Waals surface area contributed by atoms with Gasteiger partial charge in [0.15, 0.2) is 0 Å². The molecule has 1 aliphatic heterocycles. The highest BCUT2D eigenvalue weighted by atomic mass is 79.9. The lowest BCUT2D eigenvalue weighted by molar-refractivity contribution is -0.120. The first-order valence-electron chi connectivity index (χ1n) is 7.20. The first kappa shape index (κ1) is 16.8. The van der Waals surface area contributed by atoms with Crippen LogP contribution < -0.4 is 5.32 Å². The average molecular weight is 373 g/mol. The Morgan fingerprint density at radius 3 is 2.86 bits per heavy atom. The van der Waals surface area contributed by atoms with Crippen LogP contribution in [0, 0.1) is 0 Å². The molecule has 1 aromatic rings. The van der Waals surface area contributed by atoms with Gasteiger partial charge in [-0.25, -0.2) is 0 Å². The maximum atomic E-state index is 11.8. The summed E-state index contributed by atoms with van der Waals surface area (Å²) >= 11 is 5.21. The van der Waals surface area contributed by atoms with Gasteiger partial charge in [-0.3, -0.25) is 9.69 Å². The predicted molar refractivity (Wildman–Crippen MR) is 89.8 cm³/mol. The molecule has 6 heteroatoms. The van der Waals surface area contributed by atoms with E-state index in [2.05, 4.69) is 32.2 Å². The number of hydrogen-bond donors (Lipinski definition) is 1. The van der Waals surface area contributed by atoms with Crippen molar-refractivity contribution in [3.63, 3.8) is 0 Å². The lowest BCUT2D eigenvalue weighted by atomic mass is 10.4. The molecule has 0 aromatic heterocycles. The molecule has 0 aliphatic carbocycles. The van der Waals surface area contributed by atoms with Crippen LogP contribution in [0.2, 0.25) is 0 Å². The third kappa shape index (κ3) is 6.38. The molecule has 2 rings (SSSR count). The Morgan fingerprint density at radius 1 is 1.33 bits per heavy atom. The fourth-order valence-corrected chi connectivity index (χ4v) is 3.60. The van der Waals surface area contributed by atoms with Gasteiger partial charge in [0.25, 0.3) is 0 Å². The number of nitrogens with zero attached hydrogens (tertiary/aromatic N) is 1. The number of carbonyl (C=O) groups is 1. The summed E-state index contributed by atoms with van der Waals surface area (Å²) in [6, 6.07) is 8.08. The number of morpholine rings is 1. The molecule has 1 N–H and O–H groups in total. The zero-order chi connectivity index (χ0) is 14.9. The molecule has 0 atom stereocenters. The van der Waals surface area contributed by atoms with Crippen LogP contribution in [0.4, 0.5) is 0 Å². The number of amides is 1. The Balaban J connectivity index is 1.56. The van der Waals surface area contributed by atoms with Gasteiger partial charge in [0.05, 0.1) is 13.2 Å². The third-order valence-electron chi connectivity index (χ3n) is 3.28. The second-order valence-electron chi connectivity index (χ2n) is 4.83. The number of carbonyl (C=O) groups excluding carboxylic acids is 1. The highest BCUT2D eigenvalue weighted by Crippen LogP contribution is 2.27. The van der Waals surface area contributed by atoms with Gasteiger partial charge in [-0.15, -0.1) is 11.8 Å². The van der Waals surface area contributed by atoms with Gasteiger partial charge in [0.1, 0.15) is 0 Å². The summed E-state index contributed by atoms with van der Waals surface area (Å²) in [5, 5.41) is 2.98. The van der Waals surface area contributed by atoms with E-state index in [4.69, 9.17) is 4.74 Å². The fraction of sp³-hybridized carbons (Fsp3) is 0.533. The molecule has 116 valence electrons. The topological polar surface area (TPSA) is 41.6 Å². The minimum atomic E-state index is 0.128.